The topological polar surface area (TPSA) is 75.7 Å². The third-order valence-electron chi connectivity index (χ3n) is 3.38. The van der Waals surface area contributed by atoms with E-state index in [1.807, 2.05) is 0 Å². The molecule has 1 aliphatic heterocycles. The van der Waals surface area contributed by atoms with E-state index in [-0.39, 0.29) is 24.8 Å². The number of nitrogens with zero attached hydrogens (tertiary/aromatic N) is 1. The van der Waals surface area contributed by atoms with Gasteiger partial charge in [-0.25, -0.2) is 0 Å². The fourth-order valence-corrected chi connectivity index (χ4v) is 2.49. The van der Waals surface area contributed by atoms with Gasteiger partial charge >= 0.3 is 5.97 Å². The van der Waals surface area contributed by atoms with Gasteiger partial charge < -0.3 is 15.0 Å². The lowest BCUT2D eigenvalue weighted by Gasteiger charge is -2.20. The number of carbonyl (C=O) groups is 3. The van der Waals surface area contributed by atoms with Gasteiger partial charge in [0.2, 0.25) is 5.91 Å². The second-order valence-corrected chi connectivity index (χ2v) is 5.11. The first-order valence-electron chi connectivity index (χ1n) is 6.37. The first-order chi connectivity index (χ1) is 9.97. The summed E-state index contributed by atoms with van der Waals surface area (Å²) in [6.07, 6.45) is 0.0619. The molecule has 1 aliphatic rings. The molecule has 1 N–H and O–H groups in total. The molecule has 1 saturated heterocycles. The Bertz CT molecular complexity index is 603. The zero-order valence-electron chi connectivity index (χ0n) is 11.7. The summed E-state index contributed by atoms with van der Waals surface area (Å²) in [6.45, 7) is 0.176. The molecule has 1 fully saturated rings. The van der Waals surface area contributed by atoms with Crippen LogP contribution in [0.3, 0.4) is 0 Å². The zero-order valence-corrected chi connectivity index (χ0v) is 12.4. The summed E-state index contributed by atoms with van der Waals surface area (Å²) < 4.78 is 4.67. The summed E-state index contributed by atoms with van der Waals surface area (Å²) in [5.41, 5.74) is 0.735. The molecule has 1 unspecified atom stereocenters. The molecule has 0 radical (unpaired) electrons. The Kier molecular flexibility index (Phi) is 4.47. The molecule has 0 aliphatic carbocycles. The number of esters is 1. The van der Waals surface area contributed by atoms with Crippen molar-refractivity contribution >= 4 is 35.1 Å². The van der Waals surface area contributed by atoms with E-state index in [0.29, 0.717) is 16.3 Å². The maximum Gasteiger partial charge on any atom is 0.311 e. The molecular formula is C14H15ClN2O4. The van der Waals surface area contributed by atoms with Crippen LogP contribution in [0.2, 0.25) is 5.02 Å². The minimum atomic E-state index is -0.529. The predicted molar refractivity (Wildman–Crippen MR) is 77.3 cm³/mol. The molecule has 1 heterocycles. The Balaban J connectivity index is 2.37. The van der Waals surface area contributed by atoms with Crippen molar-refractivity contribution in [2.75, 3.05) is 25.6 Å². The van der Waals surface area contributed by atoms with Crippen molar-refractivity contribution in [2.24, 2.45) is 5.92 Å². The highest BCUT2D eigenvalue weighted by Gasteiger charge is 2.37. The number of carbonyl (C=O) groups excluding carboxylic acids is 3. The Morgan fingerprint density at radius 2 is 2.14 bits per heavy atom. The number of nitrogens with one attached hydrogen (secondary N) is 1. The van der Waals surface area contributed by atoms with E-state index in [0.717, 1.165) is 0 Å². The number of anilines is 1. The van der Waals surface area contributed by atoms with Crippen LogP contribution in [-0.4, -0.2) is 38.5 Å². The number of halogens is 1. The molecule has 0 bridgehead atoms. The monoisotopic (exact) mass is 310 g/mol. The SMILES string of the molecule is CNC(=O)c1ccc(Cl)cc1N1CC(C(=O)OC)CC1=O. The first kappa shape index (κ1) is 15.3. The molecule has 1 aromatic rings. The van der Waals surface area contributed by atoms with Gasteiger partial charge in [0.1, 0.15) is 0 Å². The smallest absolute Gasteiger partial charge is 0.311 e. The Hall–Kier alpha value is -2.08. The number of benzene rings is 1. The summed E-state index contributed by atoms with van der Waals surface area (Å²) in [7, 11) is 2.79. The van der Waals surface area contributed by atoms with Crippen molar-refractivity contribution in [3.63, 3.8) is 0 Å². The molecule has 0 spiro atoms. The van der Waals surface area contributed by atoms with Gasteiger partial charge in [-0.05, 0) is 18.2 Å². The average Bonchev–Trinajstić information content (AvgIpc) is 2.87. The van der Waals surface area contributed by atoms with Gasteiger partial charge in [0.25, 0.3) is 5.91 Å². The lowest BCUT2D eigenvalue weighted by atomic mass is 10.1. The zero-order chi connectivity index (χ0) is 15.6. The fourth-order valence-electron chi connectivity index (χ4n) is 2.32. The van der Waals surface area contributed by atoms with E-state index in [1.165, 1.54) is 19.1 Å². The van der Waals surface area contributed by atoms with Crippen molar-refractivity contribution in [3.05, 3.63) is 28.8 Å². The highest BCUT2D eigenvalue weighted by molar-refractivity contribution is 6.31. The normalized spacial score (nSPS) is 17.8. The van der Waals surface area contributed by atoms with E-state index in [4.69, 9.17) is 11.6 Å². The molecule has 21 heavy (non-hydrogen) atoms. The van der Waals surface area contributed by atoms with Crippen LogP contribution in [0.5, 0.6) is 0 Å². The number of rotatable bonds is 3. The molecule has 0 saturated carbocycles. The summed E-state index contributed by atoms with van der Waals surface area (Å²) in [5, 5.41) is 2.92. The molecule has 112 valence electrons. The minimum absolute atomic E-state index is 0.0619. The molecule has 0 aromatic heterocycles. The van der Waals surface area contributed by atoms with Crippen molar-refractivity contribution in [3.8, 4) is 0 Å². The Morgan fingerprint density at radius 3 is 2.76 bits per heavy atom. The quantitative estimate of drug-likeness (QED) is 0.852. The van der Waals surface area contributed by atoms with Gasteiger partial charge in [-0.2, -0.15) is 0 Å². The van der Waals surface area contributed by atoms with Crippen LogP contribution in [0.4, 0.5) is 5.69 Å². The average molecular weight is 311 g/mol. The highest BCUT2D eigenvalue weighted by atomic mass is 35.5. The second-order valence-electron chi connectivity index (χ2n) is 4.67. The number of methoxy groups -OCH3 is 1. The van der Waals surface area contributed by atoms with E-state index in [2.05, 4.69) is 10.1 Å². The maximum absolute atomic E-state index is 12.1. The van der Waals surface area contributed by atoms with Gasteiger partial charge in [-0.3, -0.25) is 14.4 Å². The largest absolute Gasteiger partial charge is 0.469 e. The van der Waals surface area contributed by atoms with Gasteiger partial charge in [-0.15, -0.1) is 0 Å². The summed E-state index contributed by atoms with van der Waals surface area (Å²) in [6, 6.07) is 4.67. The van der Waals surface area contributed by atoms with Crippen LogP contribution in [-0.2, 0) is 14.3 Å². The van der Waals surface area contributed by atoms with Crippen LogP contribution < -0.4 is 10.2 Å². The van der Waals surface area contributed by atoms with Gasteiger partial charge in [0, 0.05) is 25.0 Å². The van der Waals surface area contributed by atoms with Crippen LogP contribution in [0, 0.1) is 5.92 Å². The van der Waals surface area contributed by atoms with Crippen molar-refractivity contribution in [1.29, 1.82) is 0 Å². The van der Waals surface area contributed by atoms with Crippen molar-refractivity contribution in [1.82, 2.24) is 5.32 Å². The van der Waals surface area contributed by atoms with Crippen LogP contribution >= 0.6 is 11.6 Å². The number of hydrogen-bond donors (Lipinski definition) is 1. The maximum atomic E-state index is 12.1. The Labute approximate surface area is 127 Å². The first-order valence-corrected chi connectivity index (χ1v) is 6.75. The lowest BCUT2D eigenvalue weighted by Crippen LogP contribution is -2.29. The minimum Gasteiger partial charge on any atom is -0.469 e. The predicted octanol–water partition coefficient (Wildman–Crippen LogP) is 1.23. The molecule has 2 amide bonds. The second kappa shape index (κ2) is 6.13. The Morgan fingerprint density at radius 1 is 1.43 bits per heavy atom. The molecule has 6 nitrogen and oxygen atoms in total. The number of hydrogen-bond acceptors (Lipinski definition) is 4. The van der Waals surface area contributed by atoms with E-state index in [1.54, 1.807) is 18.2 Å². The van der Waals surface area contributed by atoms with Gasteiger partial charge in [-0.1, -0.05) is 11.6 Å². The fraction of sp³-hybridized carbons (Fsp3) is 0.357. The summed E-state index contributed by atoms with van der Waals surface area (Å²) in [5.74, 6) is -1.53. The summed E-state index contributed by atoms with van der Waals surface area (Å²) in [4.78, 5) is 37.0. The van der Waals surface area contributed by atoms with Gasteiger partial charge in [0.15, 0.2) is 0 Å². The van der Waals surface area contributed by atoms with E-state index < -0.39 is 11.9 Å². The lowest BCUT2D eigenvalue weighted by molar-refractivity contribution is -0.145. The van der Waals surface area contributed by atoms with Crippen LogP contribution in [0.25, 0.3) is 0 Å². The van der Waals surface area contributed by atoms with E-state index in [9.17, 15) is 14.4 Å². The third kappa shape index (κ3) is 3.00. The number of ether oxygens (including phenoxy) is 1. The molecule has 1 aromatic carbocycles. The molecule has 7 heteroatoms. The third-order valence-corrected chi connectivity index (χ3v) is 3.62. The molecular weight excluding hydrogens is 296 g/mol. The highest BCUT2D eigenvalue weighted by Crippen LogP contribution is 2.31. The van der Waals surface area contributed by atoms with Crippen molar-refractivity contribution < 1.29 is 19.1 Å². The standard InChI is InChI=1S/C14H15ClN2O4/c1-16-13(19)10-4-3-9(15)6-11(10)17-7-8(5-12(17)18)14(20)21-2/h3-4,6,8H,5,7H2,1-2H3,(H,16,19). The van der Waals surface area contributed by atoms with Crippen molar-refractivity contribution in [2.45, 2.75) is 6.42 Å². The van der Waals surface area contributed by atoms with E-state index >= 15 is 0 Å². The van der Waals surface area contributed by atoms with Crippen LogP contribution in [0.15, 0.2) is 18.2 Å². The van der Waals surface area contributed by atoms with Gasteiger partial charge in [0.05, 0.1) is 24.3 Å². The van der Waals surface area contributed by atoms with Crippen LogP contribution in [0.1, 0.15) is 16.8 Å². The molecule has 1 atom stereocenters. The molecule has 2 rings (SSSR count). The number of amides is 2. The summed E-state index contributed by atoms with van der Waals surface area (Å²) >= 11 is 5.96.